The van der Waals surface area contributed by atoms with Crippen molar-refractivity contribution in [1.29, 1.82) is 0 Å². The summed E-state index contributed by atoms with van der Waals surface area (Å²) in [6.07, 6.45) is 2.91. The van der Waals surface area contributed by atoms with E-state index in [0.717, 1.165) is 0 Å². The number of nitrogens with two attached hydrogens (primary N) is 1. The number of halogens is 1. The van der Waals surface area contributed by atoms with E-state index in [-0.39, 0.29) is 12.2 Å². The van der Waals surface area contributed by atoms with Crippen molar-refractivity contribution < 1.29 is 9.90 Å². The number of amides is 1. The molecule has 0 aliphatic heterocycles. The van der Waals surface area contributed by atoms with E-state index < -0.39 is 17.6 Å². The zero-order chi connectivity index (χ0) is 19.4. The van der Waals surface area contributed by atoms with Gasteiger partial charge in [0.2, 0.25) is 0 Å². The standard InChI is InChI=1S/C19H20ClN5O2/c1-13(24-18(26)16-8-7-15(20)9-17(16)21)19(27,10-25-12-22-11-23-25)14-5-3-2-4-6-14/h2-9,11-13,27H,10,21H2,1H3,(H,24,26)/t13-,19+/m1/s1. The number of anilines is 1. The molecule has 1 aromatic heterocycles. The van der Waals surface area contributed by atoms with Crippen molar-refractivity contribution in [3.05, 3.63) is 77.3 Å². The van der Waals surface area contributed by atoms with E-state index in [4.69, 9.17) is 17.3 Å². The number of aromatic nitrogens is 3. The van der Waals surface area contributed by atoms with Gasteiger partial charge in [-0.1, -0.05) is 41.9 Å². The Labute approximate surface area is 161 Å². The van der Waals surface area contributed by atoms with Gasteiger partial charge in [-0.25, -0.2) is 9.67 Å². The second-order valence-electron chi connectivity index (χ2n) is 6.31. The number of carbonyl (C=O) groups is 1. The number of nitrogens with one attached hydrogen (secondary N) is 1. The summed E-state index contributed by atoms with van der Waals surface area (Å²) in [6, 6.07) is 13.1. The van der Waals surface area contributed by atoms with Crippen LogP contribution in [0.1, 0.15) is 22.8 Å². The van der Waals surface area contributed by atoms with Gasteiger partial charge in [-0.3, -0.25) is 4.79 Å². The van der Waals surface area contributed by atoms with E-state index in [0.29, 0.717) is 16.1 Å². The lowest BCUT2D eigenvalue weighted by atomic mass is 9.86. The van der Waals surface area contributed by atoms with E-state index in [1.54, 1.807) is 31.2 Å². The first-order valence-corrected chi connectivity index (χ1v) is 8.74. The van der Waals surface area contributed by atoms with Gasteiger partial charge >= 0.3 is 0 Å². The zero-order valence-corrected chi connectivity index (χ0v) is 15.5. The molecule has 0 unspecified atom stereocenters. The fraction of sp³-hybridized carbons (Fsp3) is 0.211. The molecule has 8 heteroatoms. The number of rotatable bonds is 6. The molecule has 27 heavy (non-hydrogen) atoms. The van der Waals surface area contributed by atoms with Crippen molar-refractivity contribution >= 4 is 23.2 Å². The molecule has 0 bridgehead atoms. The molecule has 2 atom stereocenters. The van der Waals surface area contributed by atoms with Gasteiger partial charge in [0.1, 0.15) is 18.3 Å². The van der Waals surface area contributed by atoms with Crippen LogP contribution in [0.2, 0.25) is 5.02 Å². The van der Waals surface area contributed by atoms with E-state index >= 15 is 0 Å². The zero-order valence-electron chi connectivity index (χ0n) is 14.7. The molecule has 0 fully saturated rings. The van der Waals surface area contributed by atoms with Gasteiger partial charge in [-0.05, 0) is 30.7 Å². The van der Waals surface area contributed by atoms with Crippen LogP contribution in [0.25, 0.3) is 0 Å². The Kier molecular flexibility index (Phi) is 5.43. The van der Waals surface area contributed by atoms with Gasteiger partial charge in [0.15, 0.2) is 0 Å². The van der Waals surface area contributed by atoms with Crippen LogP contribution >= 0.6 is 11.6 Å². The van der Waals surface area contributed by atoms with Crippen molar-refractivity contribution in [2.75, 3.05) is 5.73 Å². The quantitative estimate of drug-likeness (QED) is 0.564. The van der Waals surface area contributed by atoms with Crippen molar-refractivity contribution in [3.63, 3.8) is 0 Å². The predicted molar refractivity (Wildman–Crippen MR) is 103 cm³/mol. The van der Waals surface area contributed by atoms with E-state index in [1.165, 1.54) is 23.4 Å². The van der Waals surface area contributed by atoms with Crippen LogP contribution in [0.3, 0.4) is 0 Å². The van der Waals surface area contributed by atoms with Crippen LogP contribution < -0.4 is 11.1 Å². The number of hydrogen-bond acceptors (Lipinski definition) is 5. The van der Waals surface area contributed by atoms with Crippen molar-refractivity contribution in [1.82, 2.24) is 20.1 Å². The van der Waals surface area contributed by atoms with Gasteiger partial charge < -0.3 is 16.2 Å². The van der Waals surface area contributed by atoms with Gasteiger partial charge in [-0.15, -0.1) is 0 Å². The minimum Gasteiger partial charge on any atom is -0.398 e. The van der Waals surface area contributed by atoms with E-state index in [9.17, 15) is 9.90 Å². The van der Waals surface area contributed by atoms with Crippen LogP contribution in [0.15, 0.2) is 61.2 Å². The van der Waals surface area contributed by atoms with Crippen LogP contribution in [-0.4, -0.2) is 31.8 Å². The smallest absolute Gasteiger partial charge is 0.253 e. The SMILES string of the molecule is C[C@@H](NC(=O)c1ccc(Cl)cc1N)[C@@](O)(Cn1cncn1)c1ccccc1. The third-order valence-electron chi connectivity index (χ3n) is 4.47. The average Bonchev–Trinajstić information content (AvgIpc) is 3.15. The van der Waals surface area contributed by atoms with Gasteiger partial charge in [0.05, 0.1) is 18.2 Å². The Morgan fingerprint density at radius 2 is 2.07 bits per heavy atom. The van der Waals surface area contributed by atoms with Crippen molar-refractivity contribution in [2.24, 2.45) is 0 Å². The summed E-state index contributed by atoms with van der Waals surface area (Å²) < 4.78 is 1.52. The molecular formula is C19H20ClN5O2. The second-order valence-corrected chi connectivity index (χ2v) is 6.75. The first-order valence-electron chi connectivity index (χ1n) is 8.36. The Balaban J connectivity index is 1.88. The molecule has 4 N–H and O–H groups in total. The minimum atomic E-state index is -1.41. The number of benzene rings is 2. The molecule has 3 rings (SSSR count). The number of hydrogen-bond donors (Lipinski definition) is 3. The summed E-state index contributed by atoms with van der Waals surface area (Å²) in [5.41, 5.74) is 5.70. The third kappa shape index (κ3) is 4.10. The summed E-state index contributed by atoms with van der Waals surface area (Å²) in [6.45, 7) is 1.85. The first kappa shape index (κ1) is 18.9. The molecule has 0 radical (unpaired) electrons. The molecular weight excluding hydrogens is 366 g/mol. The lowest BCUT2D eigenvalue weighted by molar-refractivity contribution is -0.0156. The van der Waals surface area contributed by atoms with Crippen LogP contribution in [0, 0.1) is 0 Å². The highest BCUT2D eigenvalue weighted by Gasteiger charge is 2.38. The molecule has 7 nitrogen and oxygen atoms in total. The maximum Gasteiger partial charge on any atom is 0.253 e. The largest absolute Gasteiger partial charge is 0.398 e. The number of carbonyl (C=O) groups excluding carboxylic acids is 1. The molecule has 2 aromatic carbocycles. The van der Waals surface area contributed by atoms with Gasteiger partial charge in [0.25, 0.3) is 5.91 Å². The summed E-state index contributed by atoms with van der Waals surface area (Å²) in [4.78, 5) is 16.6. The summed E-state index contributed by atoms with van der Waals surface area (Å²) in [5, 5.41) is 18.8. The van der Waals surface area contributed by atoms with Gasteiger partial charge in [0, 0.05) is 10.7 Å². The number of nitrogens with zero attached hydrogens (tertiary/aromatic N) is 3. The number of aliphatic hydroxyl groups is 1. The Morgan fingerprint density at radius 3 is 2.70 bits per heavy atom. The molecule has 1 heterocycles. The lowest BCUT2D eigenvalue weighted by Gasteiger charge is -2.35. The fourth-order valence-corrected chi connectivity index (χ4v) is 3.08. The van der Waals surface area contributed by atoms with Crippen LogP contribution in [0.5, 0.6) is 0 Å². The highest BCUT2D eigenvalue weighted by Crippen LogP contribution is 2.28. The lowest BCUT2D eigenvalue weighted by Crippen LogP contribution is -2.51. The van der Waals surface area contributed by atoms with Crippen molar-refractivity contribution in [2.45, 2.75) is 25.1 Å². The van der Waals surface area contributed by atoms with Gasteiger partial charge in [-0.2, -0.15) is 5.10 Å². The third-order valence-corrected chi connectivity index (χ3v) is 4.70. The second kappa shape index (κ2) is 7.77. The van der Waals surface area contributed by atoms with Crippen molar-refractivity contribution in [3.8, 4) is 0 Å². The van der Waals surface area contributed by atoms with Crippen LogP contribution in [-0.2, 0) is 12.1 Å². The minimum absolute atomic E-state index is 0.120. The molecule has 140 valence electrons. The monoisotopic (exact) mass is 385 g/mol. The number of nitrogen functional groups attached to an aromatic ring is 1. The van der Waals surface area contributed by atoms with E-state index in [1.807, 2.05) is 18.2 Å². The summed E-state index contributed by atoms with van der Waals surface area (Å²) in [7, 11) is 0. The molecule has 1 amide bonds. The molecule has 3 aromatic rings. The summed E-state index contributed by atoms with van der Waals surface area (Å²) in [5.74, 6) is -0.399. The predicted octanol–water partition coefficient (Wildman–Crippen LogP) is 2.22. The van der Waals surface area contributed by atoms with Crippen LogP contribution in [0.4, 0.5) is 5.69 Å². The molecule has 0 saturated heterocycles. The molecule has 0 aliphatic carbocycles. The normalized spacial score (nSPS) is 14.3. The Hall–Kier alpha value is -2.90. The first-order chi connectivity index (χ1) is 12.9. The van der Waals surface area contributed by atoms with E-state index in [2.05, 4.69) is 15.4 Å². The molecule has 0 spiro atoms. The summed E-state index contributed by atoms with van der Waals surface area (Å²) >= 11 is 5.89. The maximum atomic E-state index is 12.7. The Morgan fingerprint density at radius 1 is 1.33 bits per heavy atom. The highest BCUT2D eigenvalue weighted by molar-refractivity contribution is 6.31. The maximum absolute atomic E-state index is 12.7. The molecule has 0 saturated carbocycles. The topological polar surface area (TPSA) is 106 Å². The Bertz CT molecular complexity index is 917. The highest BCUT2D eigenvalue weighted by atomic mass is 35.5. The molecule has 0 aliphatic rings. The fourth-order valence-electron chi connectivity index (χ4n) is 2.90. The average molecular weight is 386 g/mol.